The molecule has 7 nitrogen and oxygen atoms in total. The Hall–Kier alpha value is -1.89. The van der Waals surface area contributed by atoms with Gasteiger partial charge in [-0.25, -0.2) is 4.98 Å². The van der Waals surface area contributed by atoms with Crippen molar-refractivity contribution in [2.24, 2.45) is 7.05 Å². The van der Waals surface area contributed by atoms with Crippen LogP contribution in [0.15, 0.2) is 6.20 Å². The predicted octanol–water partition coefficient (Wildman–Crippen LogP) is -0.277. The van der Waals surface area contributed by atoms with Gasteiger partial charge in [-0.1, -0.05) is 0 Å². The Balaban J connectivity index is 1.99. The van der Waals surface area contributed by atoms with Gasteiger partial charge in [0.15, 0.2) is 0 Å². The summed E-state index contributed by atoms with van der Waals surface area (Å²) in [4.78, 5) is 30.8. The van der Waals surface area contributed by atoms with Gasteiger partial charge in [-0.3, -0.25) is 14.5 Å². The molecule has 0 aromatic carbocycles. The van der Waals surface area contributed by atoms with E-state index in [1.165, 1.54) is 11.9 Å². The van der Waals surface area contributed by atoms with Crippen LogP contribution in [0, 0.1) is 0 Å². The number of likely N-dealkylation sites (N-methyl/N-ethyl adjacent to an activating group) is 1. The van der Waals surface area contributed by atoms with E-state index in [1.807, 2.05) is 30.6 Å². The molecule has 1 aromatic heterocycles. The quantitative estimate of drug-likeness (QED) is 0.768. The second kappa shape index (κ2) is 5.62. The van der Waals surface area contributed by atoms with E-state index in [-0.39, 0.29) is 17.9 Å². The number of likely N-dealkylation sites (tertiary alicyclic amines) is 1. The third-order valence-electron chi connectivity index (χ3n) is 3.64. The van der Waals surface area contributed by atoms with Gasteiger partial charge in [0.2, 0.25) is 17.8 Å². The summed E-state index contributed by atoms with van der Waals surface area (Å²) in [6, 6.07) is -0.296. The molecule has 1 fully saturated rings. The Kier molecular flexibility index (Phi) is 4.08. The highest BCUT2D eigenvalue weighted by atomic mass is 16.2. The van der Waals surface area contributed by atoms with Crippen LogP contribution in [-0.2, 0) is 23.2 Å². The first-order valence-corrected chi connectivity index (χ1v) is 6.63. The summed E-state index contributed by atoms with van der Waals surface area (Å²) in [7, 11) is 7.35. The lowest BCUT2D eigenvalue weighted by molar-refractivity contribution is -0.148. The number of carbonyl (C=O) groups is 2. The number of carbonyl (C=O) groups excluding carboxylic acids is 2. The lowest BCUT2D eigenvalue weighted by Crippen LogP contribution is -2.51. The van der Waals surface area contributed by atoms with E-state index < -0.39 is 0 Å². The average molecular weight is 279 g/mol. The Morgan fingerprint density at radius 2 is 2.10 bits per heavy atom. The zero-order valence-electron chi connectivity index (χ0n) is 12.4. The molecule has 0 spiro atoms. The van der Waals surface area contributed by atoms with Gasteiger partial charge in [0.1, 0.15) is 0 Å². The van der Waals surface area contributed by atoms with E-state index in [4.69, 9.17) is 0 Å². The van der Waals surface area contributed by atoms with Gasteiger partial charge in [-0.05, 0) is 6.42 Å². The van der Waals surface area contributed by atoms with E-state index in [9.17, 15) is 9.59 Å². The van der Waals surface area contributed by atoms with Crippen molar-refractivity contribution in [1.82, 2.24) is 19.8 Å². The summed E-state index contributed by atoms with van der Waals surface area (Å²) in [6.07, 6.45) is 2.76. The van der Waals surface area contributed by atoms with Crippen LogP contribution in [0.3, 0.4) is 0 Å². The molecular formula is C13H21N5O2. The zero-order valence-corrected chi connectivity index (χ0v) is 12.4. The number of amides is 2. The molecule has 0 aliphatic carbocycles. The smallest absolute Gasteiger partial charge is 0.246 e. The van der Waals surface area contributed by atoms with Crippen LogP contribution in [0.5, 0.6) is 0 Å². The summed E-state index contributed by atoms with van der Waals surface area (Å²) in [6.45, 7) is 0.551. The first kappa shape index (κ1) is 14.5. The standard InChI is InChI=1S/C13H21N5O2/c1-16(2)13-15-8-9(17(13)3)7-14-10-5-6-11(19)18(4)12(10)20/h8,10,14H,5-7H2,1-4H3. The third kappa shape index (κ3) is 2.67. The number of anilines is 1. The number of rotatable bonds is 4. The van der Waals surface area contributed by atoms with Crippen LogP contribution in [0.4, 0.5) is 5.95 Å². The Labute approximate surface area is 118 Å². The molecular weight excluding hydrogens is 258 g/mol. The number of piperidine rings is 1. The lowest BCUT2D eigenvalue weighted by Gasteiger charge is -2.28. The summed E-state index contributed by atoms with van der Waals surface area (Å²) in [5, 5.41) is 3.21. The van der Waals surface area contributed by atoms with Crippen molar-refractivity contribution in [3.05, 3.63) is 11.9 Å². The van der Waals surface area contributed by atoms with Crippen molar-refractivity contribution in [3.63, 3.8) is 0 Å². The van der Waals surface area contributed by atoms with Crippen molar-refractivity contribution < 1.29 is 9.59 Å². The number of nitrogens with zero attached hydrogens (tertiary/aromatic N) is 4. The first-order chi connectivity index (χ1) is 9.41. The monoisotopic (exact) mass is 279 g/mol. The van der Waals surface area contributed by atoms with Crippen molar-refractivity contribution in [2.45, 2.75) is 25.4 Å². The average Bonchev–Trinajstić information content (AvgIpc) is 2.77. The maximum Gasteiger partial charge on any atom is 0.246 e. The summed E-state index contributed by atoms with van der Waals surface area (Å²) >= 11 is 0. The summed E-state index contributed by atoms with van der Waals surface area (Å²) in [5.41, 5.74) is 1.00. The molecule has 1 aliphatic heterocycles. The molecule has 2 heterocycles. The Bertz CT molecular complexity index is 523. The maximum absolute atomic E-state index is 12.0. The van der Waals surface area contributed by atoms with E-state index in [0.29, 0.717) is 19.4 Å². The fourth-order valence-corrected chi connectivity index (χ4v) is 2.35. The second-order valence-electron chi connectivity index (χ2n) is 5.27. The number of hydrogen-bond donors (Lipinski definition) is 1. The van der Waals surface area contributed by atoms with Crippen molar-refractivity contribution in [3.8, 4) is 0 Å². The fourth-order valence-electron chi connectivity index (χ4n) is 2.35. The fraction of sp³-hybridized carbons (Fsp3) is 0.615. The Morgan fingerprint density at radius 3 is 2.70 bits per heavy atom. The lowest BCUT2D eigenvalue weighted by atomic mass is 10.0. The van der Waals surface area contributed by atoms with Crippen LogP contribution >= 0.6 is 0 Å². The minimum Gasteiger partial charge on any atom is -0.348 e. The van der Waals surface area contributed by atoms with Crippen molar-refractivity contribution >= 4 is 17.8 Å². The molecule has 1 atom stereocenters. The van der Waals surface area contributed by atoms with Crippen molar-refractivity contribution in [2.75, 3.05) is 26.0 Å². The van der Waals surface area contributed by atoms with Gasteiger partial charge in [0, 0.05) is 41.2 Å². The van der Waals surface area contributed by atoms with Gasteiger partial charge >= 0.3 is 0 Å². The highest BCUT2D eigenvalue weighted by Gasteiger charge is 2.31. The molecule has 1 aromatic rings. The van der Waals surface area contributed by atoms with Gasteiger partial charge in [0.25, 0.3) is 0 Å². The minimum absolute atomic E-state index is 0.108. The largest absolute Gasteiger partial charge is 0.348 e. The molecule has 7 heteroatoms. The molecule has 2 amide bonds. The molecule has 0 radical (unpaired) electrons. The SMILES string of the molecule is CN1C(=O)CCC(NCc2cnc(N(C)C)n2C)C1=O. The van der Waals surface area contributed by atoms with Gasteiger partial charge in [-0.2, -0.15) is 0 Å². The zero-order chi connectivity index (χ0) is 14.9. The molecule has 0 bridgehead atoms. The second-order valence-corrected chi connectivity index (χ2v) is 5.27. The van der Waals surface area contributed by atoms with Gasteiger partial charge in [-0.15, -0.1) is 0 Å². The van der Waals surface area contributed by atoms with Crippen LogP contribution in [0.1, 0.15) is 18.5 Å². The van der Waals surface area contributed by atoms with Gasteiger partial charge in [0.05, 0.1) is 17.9 Å². The topological polar surface area (TPSA) is 70.5 Å². The molecule has 110 valence electrons. The molecule has 20 heavy (non-hydrogen) atoms. The minimum atomic E-state index is -0.296. The third-order valence-corrected chi connectivity index (χ3v) is 3.64. The van der Waals surface area contributed by atoms with E-state index in [1.54, 1.807) is 6.20 Å². The molecule has 0 saturated carbocycles. The molecule has 1 N–H and O–H groups in total. The van der Waals surface area contributed by atoms with Crippen molar-refractivity contribution in [1.29, 1.82) is 0 Å². The van der Waals surface area contributed by atoms with E-state index >= 15 is 0 Å². The number of imide groups is 1. The Morgan fingerprint density at radius 1 is 1.40 bits per heavy atom. The van der Waals surface area contributed by atoms with Crippen LogP contribution in [0.25, 0.3) is 0 Å². The number of nitrogens with one attached hydrogen (secondary N) is 1. The van der Waals surface area contributed by atoms with Crippen LogP contribution < -0.4 is 10.2 Å². The number of hydrogen-bond acceptors (Lipinski definition) is 5. The highest BCUT2D eigenvalue weighted by Crippen LogP contribution is 2.14. The predicted molar refractivity (Wildman–Crippen MR) is 75.2 cm³/mol. The van der Waals surface area contributed by atoms with Crippen LogP contribution in [-0.4, -0.2) is 53.5 Å². The maximum atomic E-state index is 12.0. The van der Waals surface area contributed by atoms with E-state index in [0.717, 1.165) is 11.6 Å². The number of imidazole rings is 1. The van der Waals surface area contributed by atoms with E-state index in [2.05, 4.69) is 10.3 Å². The summed E-state index contributed by atoms with van der Waals surface area (Å²) < 4.78 is 1.98. The first-order valence-electron chi connectivity index (χ1n) is 6.63. The normalized spacial score (nSPS) is 19.6. The number of aromatic nitrogens is 2. The van der Waals surface area contributed by atoms with Gasteiger partial charge < -0.3 is 14.8 Å². The van der Waals surface area contributed by atoms with Crippen LogP contribution in [0.2, 0.25) is 0 Å². The molecule has 1 saturated heterocycles. The summed E-state index contributed by atoms with van der Waals surface area (Å²) in [5.74, 6) is 0.601. The molecule has 2 rings (SSSR count). The highest BCUT2D eigenvalue weighted by molar-refractivity contribution is 6.00. The molecule has 1 aliphatic rings. The molecule has 1 unspecified atom stereocenters.